The van der Waals surface area contributed by atoms with Crippen molar-refractivity contribution in [1.29, 1.82) is 0 Å². The Hall–Kier alpha value is -1.22. The number of carbonyl (C=O) groups excluding carboxylic acids is 1. The third kappa shape index (κ3) is 4.75. The monoisotopic (exact) mass is 297 g/mol. The van der Waals surface area contributed by atoms with Gasteiger partial charge in [0.05, 0.1) is 24.3 Å². The second-order valence-electron chi connectivity index (χ2n) is 3.90. The summed E-state index contributed by atoms with van der Waals surface area (Å²) in [5.41, 5.74) is 0.568. The summed E-state index contributed by atoms with van der Waals surface area (Å²) in [6.07, 6.45) is -2.95. The van der Waals surface area contributed by atoms with Crippen LogP contribution in [-0.4, -0.2) is 51.0 Å². The number of aliphatic hydroxyl groups excluding tert-OH is 1. The van der Waals surface area contributed by atoms with E-state index in [1.165, 1.54) is 6.20 Å². The fourth-order valence-corrected chi connectivity index (χ4v) is 2.21. The minimum absolute atomic E-state index is 0.137. The van der Waals surface area contributed by atoms with E-state index >= 15 is 0 Å². The first-order valence-corrected chi connectivity index (χ1v) is 6.28. The van der Waals surface area contributed by atoms with E-state index in [0.717, 1.165) is 18.8 Å². The molecule has 9 heteroatoms. The predicted molar refractivity (Wildman–Crippen MR) is 63.5 cm³/mol. The van der Waals surface area contributed by atoms with Crippen molar-refractivity contribution >= 4 is 17.7 Å². The van der Waals surface area contributed by atoms with Crippen LogP contribution in [-0.2, 0) is 18.4 Å². The topological polar surface area (TPSA) is 58.4 Å². The lowest BCUT2D eigenvalue weighted by molar-refractivity contribution is -0.156. The zero-order valence-corrected chi connectivity index (χ0v) is 11.3. The first-order chi connectivity index (χ1) is 8.74. The SMILES string of the molecule is CN(CC(F)(F)F)C(=O)CSc1ncc(CO)n1C. The van der Waals surface area contributed by atoms with Gasteiger partial charge in [-0.1, -0.05) is 11.8 Å². The van der Waals surface area contributed by atoms with Gasteiger partial charge >= 0.3 is 6.18 Å². The summed E-state index contributed by atoms with van der Waals surface area (Å²) in [5, 5.41) is 9.42. The number of carbonyl (C=O) groups is 1. The van der Waals surface area contributed by atoms with Gasteiger partial charge in [-0.05, 0) is 0 Å². The van der Waals surface area contributed by atoms with Crippen molar-refractivity contribution in [3.8, 4) is 0 Å². The molecule has 0 aromatic carbocycles. The maximum Gasteiger partial charge on any atom is 0.406 e. The number of aliphatic hydroxyl groups is 1. The molecule has 1 rings (SSSR count). The molecule has 0 radical (unpaired) electrons. The largest absolute Gasteiger partial charge is 0.406 e. The number of imidazole rings is 1. The van der Waals surface area contributed by atoms with Gasteiger partial charge in [-0.15, -0.1) is 0 Å². The molecule has 5 nitrogen and oxygen atoms in total. The molecule has 0 spiro atoms. The number of halogens is 3. The summed E-state index contributed by atoms with van der Waals surface area (Å²) in [5.74, 6) is -0.765. The van der Waals surface area contributed by atoms with Crippen molar-refractivity contribution < 1.29 is 23.1 Å². The Morgan fingerprint density at radius 3 is 2.68 bits per heavy atom. The smallest absolute Gasteiger partial charge is 0.390 e. The van der Waals surface area contributed by atoms with Crippen molar-refractivity contribution in [3.63, 3.8) is 0 Å². The zero-order valence-electron chi connectivity index (χ0n) is 10.4. The first-order valence-electron chi connectivity index (χ1n) is 5.29. The van der Waals surface area contributed by atoms with Crippen LogP contribution in [0.25, 0.3) is 0 Å². The van der Waals surface area contributed by atoms with Gasteiger partial charge in [-0.3, -0.25) is 4.79 Å². The predicted octanol–water partition coefficient (Wildman–Crippen LogP) is 1.03. The maximum atomic E-state index is 12.1. The van der Waals surface area contributed by atoms with Crippen molar-refractivity contribution in [3.05, 3.63) is 11.9 Å². The third-order valence-electron chi connectivity index (χ3n) is 2.37. The number of hydrogen-bond acceptors (Lipinski definition) is 4. The summed E-state index contributed by atoms with van der Waals surface area (Å²) < 4.78 is 37.9. The lowest BCUT2D eigenvalue weighted by Crippen LogP contribution is -2.36. The van der Waals surface area contributed by atoms with Crippen molar-refractivity contribution in [2.45, 2.75) is 17.9 Å². The fraction of sp³-hybridized carbons (Fsp3) is 0.600. The van der Waals surface area contributed by atoms with Gasteiger partial charge in [0.2, 0.25) is 5.91 Å². The normalized spacial score (nSPS) is 11.7. The van der Waals surface area contributed by atoms with Crippen LogP contribution in [0.2, 0.25) is 0 Å². The molecule has 1 aromatic rings. The quantitative estimate of drug-likeness (QED) is 0.825. The minimum Gasteiger partial charge on any atom is -0.390 e. The van der Waals surface area contributed by atoms with Crippen LogP contribution in [0.5, 0.6) is 0 Å². The van der Waals surface area contributed by atoms with Crippen LogP contribution in [0.3, 0.4) is 0 Å². The van der Waals surface area contributed by atoms with Crippen molar-refractivity contribution in [1.82, 2.24) is 14.5 Å². The number of aromatic nitrogens is 2. The maximum absolute atomic E-state index is 12.1. The van der Waals surface area contributed by atoms with Gasteiger partial charge in [-0.25, -0.2) is 4.98 Å². The van der Waals surface area contributed by atoms with Gasteiger partial charge in [-0.2, -0.15) is 13.2 Å². The molecule has 1 heterocycles. The Labute approximate surface area is 112 Å². The van der Waals surface area contributed by atoms with E-state index in [9.17, 15) is 18.0 Å². The van der Waals surface area contributed by atoms with E-state index in [1.807, 2.05) is 0 Å². The average Bonchev–Trinajstić information content (AvgIpc) is 2.64. The summed E-state index contributed by atoms with van der Waals surface area (Å²) in [6, 6.07) is 0. The number of hydrogen-bond donors (Lipinski definition) is 1. The first kappa shape index (κ1) is 15.8. The number of rotatable bonds is 5. The van der Waals surface area contributed by atoms with Crippen LogP contribution in [0.1, 0.15) is 5.69 Å². The molecule has 0 bridgehead atoms. The number of amides is 1. The van der Waals surface area contributed by atoms with Gasteiger partial charge < -0.3 is 14.6 Å². The lowest BCUT2D eigenvalue weighted by atomic mass is 10.5. The van der Waals surface area contributed by atoms with Crippen molar-refractivity contribution in [2.24, 2.45) is 7.05 Å². The van der Waals surface area contributed by atoms with E-state index in [1.54, 1.807) is 11.6 Å². The Bertz CT molecular complexity index is 448. The van der Waals surface area contributed by atoms with Gasteiger partial charge in [0.1, 0.15) is 6.54 Å². The minimum atomic E-state index is -4.40. The van der Waals surface area contributed by atoms with E-state index in [2.05, 4.69) is 4.98 Å². The van der Waals surface area contributed by atoms with E-state index in [-0.39, 0.29) is 12.4 Å². The molecule has 0 fully saturated rings. The molecule has 0 aliphatic heterocycles. The third-order valence-corrected chi connectivity index (χ3v) is 3.40. The van der Waals surface area contributed by atoms with Gasteiger partial charge in [0.15, 0.2) is 5.16 Å². The molecular weight excluding hydrogens is 283 g/mol. The zero-order chi connectivity index (χ0) is 14.6. The van der Waals surface area contributed by atoms with Gasteiger partial charge in [0.25, 0.3) is 0 Å². The highest BCUT2D eigenvalue weighted by Crippen LogP contribution is 2.19. The van der Waals surface area contributed by atoms with E-state index in [4.69, 9.17) is 5.11 Å². The Morgan fingerprint density at radius 1 is 1.58 bits per heavy atom. The second kappa shape index (κ2) is 6.29. The highest BCUT2D eigenvalue weighted by atomic mass is 32.2. The molecular formula is C10H14F3N3O2S. The Balaban J connectivity index is 2.52. The molecule has 108 valence electrons. The summed E-state index contributed by atoms with van der Waals surface area (Å²) in [6.45, 7) is -1.46. The number of alkyl halides is 3. The highest BCUT2D eigenvalue weighted by Gasteiger charge is 2.31. The molecule has 0 unspecified atom stereocenters. The molecule has 1 aromatic heterocycles. The van der Waals surface area contributed by atoms with Crippen LogP contribution in [0.15, 0.2) is 11.4 Å². The summed E-state index contributed by atoms with van der Waals surface area (Å²) >= 11 is 1.03. The molecule has 1 amide bonds. The molecule has 0 aliphatic rings. The van der Waals surface area contributed by atoms with Crippen LogP contribution < -0.4 is 0 Å². The Kier molecular flexibility index (Phi) is 5.24. The van der Waals surface area contributed by atoms with E-state index in [0.29, 0.717) is 15.8 Å². The highest BCUT2D eigenvalue weighted by molar-refractivity contribution is 7.99. The molecule has 0 saturated carbocycles. The second-order valence-corrected chi connectivity index (χ2v) is 4.85. The Morgan fingerprint density at radius 2 is 2.21 bits per heavy atom. The molecule has 0 aliphatic carbocycles. The number of nitrogens with zero attached hydrogens (tertiary/aromatic N) is 3. The van der Waals surface area contributed by atoms with Gasteiger partial charge in [0, 0.05) is 14.1 Å². The average molecular weight is 297 g/mol. The fourth-order valence-electron chi connectivity index (χ4n) is 1.30. The molecule has 0 atom stereocenters. The molecule has 1 N–H and O–H groups in total. The molecule has 0 saturated heterocycles. The summed E-state index contributed by atoms with van der Waals surface area (Å²) in [7, 11) is 2.76. The van der Waals surface area contributed by atoms with Crippen LogP contribution in [0.4, 0.5) is 13.2 Å². The van der Waals surface area contributed by atoms with Crippen molar-refractivity contribution in [2.75, 3.05) is 19.3 Å². The standard InChI is InChI=1S/C10H14F3N3O2S/c1-15(6-10(11,12)13)8(18)5-19-9-14-3-7(4-17)16(9)2/h3,17H,4-6H2,1-2H3. The molecule has 19 heavy (non-hydrogen) atoms. The summed E-state index contributed by atoms with van der Waals surface area (Å²) in [4.78, 5) is 16.1. The van der Waals surface area contributed by atoms with Crippen LogP contribution in [0, 0.1) is 0 Å². The number of thioether (sulfide) groups is 1. The van der Waals surface area contributed by atoms with E-state index < -0.39 is 18.6 Å². The lowest BCUT2D eigenvalue weighted by Gasteiger charge is -2.18. The van der Waals surface area contributed by atoms with Crippen LogP contribution >= 0.6 is 11.8 Å².